The second-order valence-electron chi connectivity index (χ2n) is 5.39. The summed E-state index contributed by atoms with van der Waals surface area (Å²) in [6.07, 6.45) is 0. The van der Waals surface area contributed by atoms with E-state index in [-0.39, 0.29) is 24.7 Å². The van der Waals surface area contributed by atoms with Gasteiger partial charge in [-0.1, -0.05) is 0 Å². The number of carbonyl (C=O) groups is 1. The largest absolute Gasteiger partial charge is 0.486 e. The molecule has 28 heavy (non-hydrogen) atoms. The zero-order valence-corrected chi connectivity index (χ0v) is 13.6. The normalized spacial score (nSPS) is 12.6. The van der Waals surface area contributed by atoms with Crippen molar-refractivity contribution in [2.75, 3.05) is 13.2 Å². The van der Waals surface area contributed by atoms with E-state index in [1.165, 1.54) is 0 Å². The Morgan fingerprint density at radius 3 is 2.00 bits per heavy atom. The highest BCUT2D eigenvalue weighted by atomic mass is 19.2. The van der Waals surface area contributed by atoms with Crippen LogP contribution in [0, 0.1) is 39.2 Å². The molecule has 0 aliphatic carbocycles. The summed E-state index contributed by atoms with van der Waals surface area (Å²) < 4.78 is 81.5. The van der Waals surface area contributed by atoms with Gasteiger partial charge < -0.3 is 14.2 Å². The van der Waals surface area contributed by atoms with Crippen molar-refractivity contribution >= 4 is 11.7 Å². The van der Waals surface area contributed by atoms with Gasteiger partial charge in [0.1, 0.15) is 25.4 Å². The lowest BCUT2D eigenvalue weighted by molar-refractivity contribution is -0.385. The van der Waals surface area contributed by atoms with Crippen LogP contribution in [0.5, 0.6) is 11.5 Å². The number of carbonyl (C=O) groups excluding carboxylic acids is 1. The van der Waals surface area contributed by atoms with Crippen molar-refractivity contribution in [1.29, 1.82) is 0 Å². The number of ether oxygens (including phenoxy) is 3. The summed E-state index contributed by atoms with van der Waals surface area (Å²) in [5.74, 6) is -12.6. The van der Waals surface area contributed by atoms with Crippen molar-refractivity contribution in [3.8, 4) is 11.5 Å². The Labute approximate surface area is 152 Å². The van der Waals surface area contributed by atoms with Gasteiger partial charge in [-0.05, 0) is 0 Å². The highest BCUT2D eigenvalue weighted by Gasteiger charge is 2.30. The van der Waals surface area contributed by atoms with E-state index in [1.54, 1.807) is 0 Å². The number of hydrogen-bond acceptors (Lipinski definition) is 6. The third-order valence-corrected chi connectivity index (χ3v) is 3.73. The topological polar surface area (TPSA) is 87.9 Å². The average Bonchev–Trinajstić information content (AvgIpc) is 2.69. The molecular weight excluding hydrogens is 397 g/mol. The zero-order valence-electron chi connectivity index (χ0n) is 13.6. The standard InChI is InChI=1S/C16H8F5NO6/c17-11-7(12(18)14(20)15(21)13(11)19)5-28-16(23)6-3-9-10(27-2-1-26-9)4-8(6)22(24)25/h3-4H,1-2,5H2. The molecule has 0 fully saturated rings. The minimum absolute atomic E-state index is 0.00531. The Kier molecular flexibility index (Phi) is 5.03. The minimum atomic E-state index is -2.37. The molecule has 0 aromatic heterocycles. The summed E-state index contributed by atoms with van der Waals surface area (Å²) in [6, 6.07) is 1.82. The monoisotopic (exact) mass is 405 g/mol. The molecule has 148 valence electrons. The average molecular weight is 405 g/mol. The lowest BCUT2D eigenvalue weighted by Crippen LogP contribution is -2.17. The summed E-state index contributed by atoms with van der Waals surface area (Å²) in [4.78, 5) is 22.4. The van der Waals surface area contributed by atoms with Crippen molar-refractivity contribution in [3.05, 3.63) is 62.5 Å². The number of hydrogen-bond donors (Lipinski definition) is 0. The van der Waals surface area contributed by atoms with Crippen LogP contribution in [0.25, 0.3) is 0 Å². The predicted molar refractivity (Wildman–Crippen MR) is 79.4 cm³/mol. The van der Waals surface area contributed by atoms with Crippen LogP contribution in [-0.4, -0.2) is 24.1 Å². The molecule has 0 unspecified atom stereocenters. The number of esters is 1. The third-order valence-electron chi connectivity index (χ3n) is 3.73. The first-order valence-corrected chi connectivity index (χ1v) is 7.47. The highest BCUT2D eigenvalue weighted by molar-refractivity contribution is 5.95. The first-order chi connectivity index (χ1) is 13.2. The summed E-state index contributed by atoms with van der Waals surface area (Å²) >= 11 is 0. The van der Waals surface area contributed by atoms with E-state index < -0.39 is 63.4 Å². The van der Waals surface area contributed by atoms with Crippen LogP contribution in [0.3, 0.4) is 0 Å². The molecule has 0 saturated carbocycles. The molecule has 12 heteroatoms. The number of fused-ring (bicyclic) bond motifs is 1. The first-order valence-electron chi connectivity index (χ1n) is 7.47. The lowest BCUT2D eigenvalue weighted by Gasteiger charge is -2.18. The predicted octanol–water partition coefficient (Wildman–Crippen LogP) is 3.42. The molecule has 0 saturated heterocycles. The quantitative estimate of drug-likeness (QED) is 0.194. The molecule has 0 amide bonds. The van der Waals surface area contributed by atoms with Crippen LogP contribution in [0.1, 0.15) is 15.9 Å². The molecule has 0 bridgehead atoms. The molecule has 2 aromatic carbocycles. The Balaban J connectivity index is 1.92. The molecule has 0 atom stereocenters. The van der Waals surface area contributed by atoms with Crippen LogP contribution in [0.2, 0.25) is 0 Å². The SMILES string of the molecule is O=C(OCc1c(F)c(F)c(F)c(F)c1F)c1cc2c(cc1[N+](=O)[O-])OCCO2. The molecule has 1 aliphatic heterocycles. The molecule has 7 nitrogen and oxygen atoms in total. The Morgan fingerprint density at radius 1 is 0.964 bits per heavy atom. The molecule has 2 aromatic rings. The molecule has 3 rings (SSSR count). The van der Waals surface area contributed by atoms with Crippen molar-refractivity contribution in [2.24, 2.45) is 0 Å². The Morgan fingerprint density at radius 2 is 1.46 bits per heavy atom. The zero-order chi connectivity index (χ0) is 20.6. The van der Waals surface area contributed by atoms with E-state index >= 15 is 0 Å². The maximum Gasteiger partial charge on any atom is 0.345 e. The van der Waals surface area contributed by atoms with E-state index in [2.05, 4.69) is 4.74 Å². The third kappa shape index (κ3) is 3.28. The second kappa shape index (κ2) is 7.29. The van der Waals surface area contributed by atoms with Gasteiger partial charge in [0.25, 0.3) is 5.69 Å². The summed E-state index contributed by atoms with van der Waals surface area (Å²) in [7, 11) is 0. The van der Waals surface area contributed by atoms with Gasteiger partial charge in [0.15, 0.2) is 34.8 Å². The Hall–Kier alpha value is -3.44. The fraction of sp³-hybridized carbons (Fsp3) is 0.188. The van der Waals surface area contributed by atoms with Crippen LogP contribution in [0.15, 0.2) is 12.1 Å². The van der Waals surface area contributed by atoms with Gasteiger partial charge >= 0.3 is 5.97 Å². The van der Waals surface area contributed by atoms with Gasteiger partial charge in [-0.3, -0.25) is 10.1 Å². The molecule has 0 radical (unpaired) electrons. The molecule has 1 aliphatic rings. The van der Waals surface area contributed by atoms with E-state index in [4.69, 9.17) is 9.47 Å². The highest BCUT2D eigenvalue weighted by Crippen LogP contribution is 2.37. The smallest absolute Gasteiger partial charge is 0.345 e. The van der Waals surface area contributed by atoms with Crippen LogP contribution < -0.4 is 9.47 Å². The van der Waals surface area contributed by atoms with E-state index in [1.807, 2.05) is 0 Å². The number of benzene rings is 2. The summed E-state index contributed by atoms with van der Waals surface area (Å²) in [6.45, 7) is -1.13. The van der Waals surface area contributed by atoms with E-state index in [0.717, 1.165) is 12.1 Å². The van der Waals surface area contributed by atoms with Gasteiger partial charge in [0.2, 0.25) is 5.82 Å². The fourth-order valence-electron chi connectivity index (χ4n) is 2.39. The van der Waals surface area contributed by atoms with E-state index in [9.17, 15) is 36.9 Å². The number of nitro benzene ring substituents is 1. The number of nitro groups is 1. The van der Waals surface area contributed by atoms with Crippen LogP contribution >= 0.6 is 0 Å². The van der Waals surface area contributed by atoms with Gasteiger partial charge in [0.05, 0.1) is 16.6 Å². The summed E-state index contributed by atoms with van der Waals surface area (Å²) in [5.41, 5.74) is -2.81. The van der Waals surface area contributed by atoms with Gasteiger partial charge in [-0.15, -0.1) is 0 Å². The number of halogens is 5. The minimum Gasteiger partial charge on any atom is -0.486 e. The van der Waals surface area contributed by atoms with Crippen LogP contribution in [-0.2, 0) is 11.3 Å². The molecular formula is C16H8F5NO6. The number of rotatable bonds is 4. The van der Waals surface area contributed by atoms with Crippen molar-refractivity contribution in [1.82, 2.24) is 0 Å². The number of nitrogens with zero attached hydrogens (tertiary/aromatic N) is 1. The first kappa shape index (κ1) is 19.3. The lowest BCUT2D eigenvalue weighted by atomic mass is 10.1. The molecule has 1 heterocycles. The van der Waals surface area contributed by atoms with Crippen molar-refractivity contribution in [3.63, 3.8) is 0 Å². The fourth-order valence-corrected chi connectivity index (χ4v) is 2.39. The molecule has 0 spiro atoms. The maximum atomic E-state index is 13.6. The second-order valence-corrected chi connectivity index (χ2v) is 5.39. The summed E-state index contributed by atoms with van der Waals surface area (Å²) in [5, 5.41) is 11.2. The Bertz CT molecular complexity index is 967. The van der Waals surface area contributed by atoms with Gasteiger partial charge in [-0.2, -0.15) is 0 Å². The maximum absolute atomic E-state index is 13.6. The van der Waals surface area contributed by atoms with E-state index in [0.29, 0.717) is 0 Å². The molecule has 0 N–H and O–H groups in total. The van der Waals surface area contributed by atoms with Gasteiger partial charge in [-0.25, -0.2) is 26.7 Å². The van der Waals surface area contributed by atoms with Crippen LogP contribution in [0.4, 0.5) is 27.6 Å². The van der Waals surface area contributed by atoms with Crippen molar-refractivity contribution in [2.45, 2.75) is 6.61 Å². The van der Waals surface area contributed by atoms with Gasteiger partial charge in [0, 0.05) is 6.07 Å². The van der Waals surface area contributed by atoms with Crippen molar-refractivity contribution < 1.29 is 45.9 Å².